The van der Waals surface area contributed by atoms with Crippen LogP contribution in [0.25, 0.3) is 28.6 Å². The Labute approximate surface area is 350 Å². The molecule has 0 amide bonds. The molecule has 10 heteroatoms. The van der Waals surface area contributed by atoms with E-state index in [2.05, 4.69) is 16.5 Å². The number of carbonyl (C=O) groups excluding carboxylic acids is 2. The van der Waals surface area contributed by atoms with Crippen molar-refractivity contribution in [3.05, 3.63) is 162 Å². The minimum absolute atomic E-state index is 0.0321. The molecule has 1 atom stereocenters. The summed E-state index contributed by atoms with van der Waals surface area (Å²) in [6.45, 7) is 14.7. The molecular weight excluding hydrogens is 763 g/mol. The molecule has 0 aliphatic rings. The van der Waals surface area contributed by atoms with Gasteiger partial charge in [0.1, 0.15) is 52.3 Å². The van der Waals surface area contributed by atoms with Gasteiger partial charge in [0, 0.05) is 46.2 Å². The summed E-state index contributed by atoms with van der Waals surface area (Å²) in [5.41, 5.74) is 4.78. The molecule has 0 aliphatic heterocycles. The number of carbonyl (C=O) groups is 2. The Kier molecular flexibility index (Phi) is 14.6. The number of pyridine rings is 2. The molecule has 2 heterocycles. The molecule has 8 nitrogen and oxygen atoms in total. The van der Waals surface area contributed by atoms with E-state index >= 15 is 0 Å². The molecule has 0 radical (unpaired) electrons. The number of benzene rings is 4. The third-order valence-electron chi connectivity index (χ3n) is 9.35. The third kappa shape index (κ3) is 12.8. The molecule has 0 bridgehead atoms. The minimum atomic E-state index is -1.06. The second kappa shape index (κ2) is 19.6. The van der Waals surface area contributed by atoms with Crippen LogP contribution in [0.3, 0.4) is 0 Å². The summed E-state index contributed by atoms with van der Waals surface area (Å²) in [7, 11) is 0. The standard InChI is InChI=1S/C25H26FNO4.C25H24FNO2/c1-25(2,3)24(30)14-19-12-17(23(29)15-28)13-22(27-19)16-4-8-20(9-5-16)31-21-10-6-18(26)7-11-21;1-5-17-14-20(16-24(28)25(2,3)4)27-23(15-17)18-6-10-21(11-7-18)29-22-12-8-19(26)9-13-22/h4-13,23,28-29H,14-15H2,1-3H3;5-15H,1,16H2,2-4H3/t23-;/m1./s1. The average Bonchev–Trinajstić information content (AvgIpc) is 3.22. The highest BCUT2D eigenvalue weighted by molar-refractivity contribution is 5.86. The van der Waals surface area contributed by atoms with Crippen molar-refractivity contribution in [3.63, 3.8) is 0 Å². The van der Waals surface area contributed by atoms with Crippen LogP contribution >= 0.6 is 0 Å². The average molecular weight is 813 g/mol. The van der Waals surface area contributed by atoms with Gasteiger partial charge in [0.05, 0.1) is 18.0 Å². The van der Waals surface area contributed by atoms with Gasteiger partial charge in [-0.1, -0.05) is 54.2 Å². The first-order valence-corrected chi connectivity index (χ1v) is 19.5. The van der Waals surface area contributed by atoms with Gasteiger partial charge in [0.2, 0.25) is 0 Å². The molecule has 310 valence electrons. The van der Waals surface area contributed by atoms with Crippen LogP contribution in [0.1, 0.15) is 70.2 Å². The van der Waals surface area contributed by atoms with Crippen LogP contribution < -0.4 is 9.47 Å². The lowest BCUT2D eigenvalue weighted by atomic mass is 9.88. The summed E-state index contributed by atoms with van der Waals surface area (Å²) >= 11 is 0. The molecule has 0 aliphatic carbocycles. The van der Waals surface area contributed by atoms with Crippen molar-refractivity contribution in [2.45, 2.75) is 60.5 Å². The summed E-state index contributed by atoms with van der Waals surface area (Å²) in [6.07, 6.45) is 1.10. The smallest absolute Gasteiger partial charge is 0.144 e. The number of hydrogen-bond donors (Lipinski definition) is 2. The SMILES string of the molecule is C=Cc1cc(CC(=O)C(C)(C)C)nc(-c2ccc(Oc3ccc(F)cc3)cc2)c1.CC(C)(C)C(=O)Cc1cc([C@H](O)CO)cc(-c2ccc(Oc3ccc(F)cc3)cc2)n1. The zero-order chi connectivity index (χ0) is 43.6. The molecule has 2 aromatic heterocycles. The van der Waals surface area contributed by atoms with E-state index in [1.54, 1.807) is 54.6 Å². The molecule has 0 saturated heterocycles. The van der Waals surface area contributed by atoms with Crippen LogP contribution in [0, 0.1) is 22.5 Å². The summed E-state index contributed by atoms with van der Waals surface area (Å²) in [4.78, 5) is 34.2. The Morgan fingerprint density at radius 1 is 0.617 bits per heavy atom. The van der Waals surface area contributed by atoms with Crippen molar-refractivity contribution in [1.29, 1.82) is 0 Å². The lowest BCUT2D eigenvalue weighted by Gasteiger charge is -2.17. The van der Waals surface area contributed by atoms with Crippen LogP contribution in [0.15, 0.2) is 128 Å². The maximum absolute atomic E-state index is 13.0. The highest BCUT2D eigenvalue weighted by Gasteiger charge is 2.24. The fraction of sp³-hybridized carbons (Fsp3) is 0.240. The molecule has 0 fully saturated rings. The largest absolute Gasteiger partial charge is 0.457 e. The molecule has 6 rings (SSSR count). The highest BCUT2D eigenvalue weighted by atomic mass is 19.1. The maximum atomic E-state index is 13.0. The normalized spacial score (nSPS) is 11.8. The van der Waals surface area contributed by atoms with Gasteiger partial charge in [0.15, 0.2) is 0 Å². The second-order valence-corrected chi connectivity index (χ2v) is 16.3. The van der Waals surface area contributed by atoms with Gasteiger partial charge in [-0.25, -0.2) is 8.78 Å². The molecule has 0 unspecified atom stereocenters. The maximum Gasteiger partial charge on any atom is 0.144 e. The summed E-state index contributed by atoms with van der Waals surface area (Å²) in [6, 6.07) is 33.4. The molecular formula is C50H50F2N2O6. The Morgan fingerprint density at radius 3 is 1.35 bits per heavy atom. The number of aromatic nitrogens is 2. The summed E-state index contributed by atoms with van der Waals surface area (Å²) in [5.74, 6) is 1.83. The number of nitrogens with zero attached hydrogens (tertiary/aromatic N) is 2. The van der Waals surface area contributed by atoms with E-state index < -0.39 is 23.5 Å². The van der Waals surface area contributed by atoms with Gasteiger partial charge in [0.25, 0.3) is 0 Å². The van der Waals surface area contributed by atoms with Crippen molar-refractivity contribution in [2.75, 3.05) is 6.61 Å². The zero-order valence-electron chi connectivity index (χ0n) is 34.7. The molecule has 6 aromatic rings. The Hall–Kier alpha value is -6.36. The lowest BCUT2D eigenvalue weighted by Crippen LogP contribution is -2.22. The number of aliphatic hydroxyl groups is 2. The first-order chi connectivity index (χ1) is 28.4. The number of hydrogen-bond acceptors (Lipinski definition) is 8. The van der Waals surface area contributed by atoms with Gasteiger partial charge >= 0.3 is 0 Å². The Bertz CT molecular complexity index is 2400. The summed E-state index contributed by atoms with van der Waals surface area (Å²) < 4.78 is 37.5. The lowest BCUT2D eigenvalue weighted by molar-refractivity contribution is -0.126. The van der Waals surface area contributed by atoms with Crippen LogP contribution in [-0.4, -0.2) is 38.4 Å². The number of rotatable bonds is 13. The van der Waals surface area contributed by atoms with Gasteiger partial charge in [-0.2, -0.15) is 0 Å². The van der Waals surface area contributed by atoms with Gasteiger partial charge in [-0.15, -0.1) is 0 Å². The quantitative estimate of drug-likeness (QED) is 0.118. The third-order valence-corrected chi connectivity index (χ3v) is 9.35. The van der Waals surface area contributed by atoms with E-state index in [1.165, 1.54) is 24.3 Å². The van der Waals surface area contributed by atoms with Crippen molar-refractivity contribution in [3.8, 4) is 45.5 Å². The molecule has 60 heavy (non-hydrogen) atoms. The zero-order valence-corrected chi connectivity index (χ0v) is 34.7. The van der Waals surface area contributed by atoms with Gasteiger partial charge < -0.3 is 19.7 Å². The van der Waals surface area contributed by atoms with Gasteiger partial charge in [-0.05, 0) is 132 Å². The van der Waals surface area contributed by atoms with E-state index in [4.69, 9.17) is 9.47 Å². The topological polar surface area (TPSA) is 119 Å². The summed E-state index contributed by atoms with van der Waals surface area (Å²) in [5, 5.41) is 19.5. The Morgan fingerprint density at radius 2 is 0.983 bits per heavy atom. The monoisotopic (exact) mass is 812 g/mol. The molecule has 2 N–H and O–H groups in total. The number of halogens is 2. The van der Waals surface area contributed by atoms with E-state index in [-0.39, 0.29) is 36.0 Å². The first kappa shape index (κ1) is 44.7. The number of Topliss-reactive ketones (excluding diaryl/α,β-unsaturated/α-hetero) is 2. The van der Waals surface area contributed by atoms with Crippen molar-refractivity contribution in [1.82, 2.24) is 9.97 Å². The van der Waals surface area contributed by atoms with Crippen LogP contribution in [0.5, 0.6) is 23.0 Å². The number of ether oxygens (including phenoxy) is 2. The van der Waals surface area contributed by atoms with Crippen molar-refractivity contribution >= 4 is 17.6 Å². The first-order valence-electron chi connectivity index (χ1n) is 19.5. The predicted octanol–water partition coefficient (Wildman–Crippen LogP) is 11.3. The fourth-order valence-electron chi connectivity index (χ4n) is 5.64. The molecule has 4 aromatic carbocycles. The van der Waals surface area contributed by atoms with Crippen LogP contribution in [0.2, 0.25) is 0 Å². The van der Waals surface area contributed by atoms with E-state index in [0.717, 1.165) is 28.1 Å². The predicted molar refractivity (Wildman–Crippen MR) is 231 cm³/mol. The Balaban J connectivity index is 0.000000228. The van der Waals surface area contributed by atoms with E-state index in [1.807, 2.05) is 90.1 Å². The van der Waals surface area contributed by atoms with E-state index in [9.17, 15) is 28.6 Å². The van der Waals surface area contributed by atoms with E-state index in [0.29, 0.717) is 39.9 Å². The van der Waals surface area contributed by atoms with Crippen molar-refractivity contribution < 1.29 is 38.1 Å². The van der Waals surface area contributed by atoms with Crippen LogP contribution in [0.4, 0.5) is 8.78 Å². The second-order valence-electron chi connectivity index (χ2n) is 16.3. The highest BCUT2D eigenvalue weighted by Crippen LogP contribution is 2.30. The molecule has 0 spiro atoms. The van der Waals surface area contributed by atoms with Gasteiger partial charge in [-0.3, -0.25) is 19.6 Å². The van der Waals surface area contributed by atoms with Crippen molar-refractivity contribution in [2.24, 2.45) is 10.8 Å². The number of ketones is 2. The molecule has 0 saturated carbocycles. The van der Waals surface area contributed by atoms with Crippen LogP contribution in [-0.2, 0) is 22.4 Å². The fourth-order valence-corrected chi connectivity index (χ4v) is 5.64. The minimum Gasteiger partial charge on any atom is -0.457 e. The number of aliphatic hydroxyl groups excluding tert-OH is 2.